The second kappa shape index (κ2) is 11.9. The highest BCUT2D eigenvalue weighted by atomic mass is 16.5. The van der Waals surface area contributed by atoms with Crippen molar-refractivity contribution in [1.29, 1.82) is 0 Å². The normalized spacial score (nSPS) is 16.4. The first kappa shape index (κ1) is 22.4. The Morgan fingerprint density at radius 3 is 2.38 bits per heavy atom. The maximum absolute atomic E-state index is 12.7. The predicted molar refractivity (Wildman–Crippen MR) is 100 cm³/mol. The molecule has 1 fully saturated rings. The van der Waals surface area contributed by atoms with Crippen molar-refractivity contribution in [1.82, 2.24) is 15.5 Å². The van der Waals surface area contributed by atoms with Crippen LogP contribution in [0.3, 0.4) is 0 Å². The summed E-state index contributed by atoms with van der Waals surface area (Å²) in [6, 6.07) is -0.435. The molecule has 1 saturated heterocycles. The molecule has 0 aliphatic carbocycles. The molecule has 0 aromatic rings. The van der Waals surface area contributed by atoms with Gasteiger partial charge in [0.1, 0.15) is 6.04 Å². The first-order valence-electron chi connectivity index (χ1n) is 9.65. The van der Waals surface area contributed by atoms with Crippen molar-refractivity contribution in [2.45, 2.75) is 58.9 Å². The Morgan fingerprint density at radius 1 is 1.19 bits per heavy atom. The molecule has 3 amide bonds. The molecule has 0 bridgehead atoms. The molecule has 0 radical (unpaired) electrons. The molecule has 1 atom stereocenters. The lowest BCUT2D eigenvalue weighted by molar-refractivity contribution is -0.137. The Kier molecular flexibility index (Phi) is 10.2. The zero-order valence-electron chi connectivity index (χ0n) is 16.7. The molecule has 7 heteroatoms. The van der Waals surface area contributed by atoms with E-state index in [1.165, 1.54) is 6.92 Å². The van der Waals surface area contributed by atoms with E-state index >= 15 is 0 Å². The molecule has 150 valence electrons. The predicted octanol–water partition coefficient (Wildman–Crippen LogP) is 1.32. The fourth-order valence-electron chi connectivity index (χ4n) is 3.32. The summed E-state index contributed by atoms with van der Waals surface area (Å²) in [5.74, 6) is 0.716. The third-order valence-electron chi connectivity index (χ3n) is 4.72. The second-order valence-corrected chi connectivity index (χ2v) is 7.53. The number of rotatable bonds is 10. The van der Waals surface area contributed by atoms with Gasteiger partial charge in [-0.1, -0.05) is 13.8 Å². The molecule has 26 heavy (non-hydrogen) atoms. The number of piperidine rings is 1. The summed E-state index contributed by atoms with van der Waals surface area (Å²) < 4.78 is 4.91. The van der Waals surface area contributed by atoms with Crippen molar-refractivity contribution in [3.05, 3.63) is 0 Å². The van der Waals surface area contributed by atoms with Gasteiger partial charge in [-0.3, -0.25) is 14.4 Å². The summed E-state index contributed by atoms with van der Waals surface area (Å²) in [4.78, 5) is 37.7. The number of nitrogens with one attached hydrogen (secondary N) is 2. The van der Waals surface area contributed by atoms with Crippen LogP contribution in [-0.4, -0.2) is 62.0 Å². The number of carbonyl (C=O) groups excluding carboxylic acids is 3. The van der Waals surface area contributed by atoms with E-state index in [4.69, 9.17) is 4.74 Å². The van der Waals surface area contributed by atoms with Gasteiger partial charge in [0.05, 0.1) is 6.61 Å². The van der Waals surface area contributed by atoms with E-state index in [0.29, 0.717) is 50.9 Å². The lowest BCUT2D eigenvalue weighted by Crippen LogP contribution is -2.50. The van der Waals surface area contributed by atoms with Crippen LogP contribution in [0.5, 0.6) is 0 Å². The minimum Gasteiger partial charge on any atom is -0.383 e. The quantitative estimate of drug-likeness (QED) is 0.569. The summed E-state index contributed by atoms with van der Waals surface area (Å²) >= 11 is 0. The minimum absolute atomic E-state index is 0.0182. The van der Waals surface area contributed by atoms with Gasteiger partial charge in [0.15, 0.2) is 0 Å². The van der Waals surface area contributed by atoms with Crippen molar-refractivity contribution in [3.8, 4) is 0 Å². The summed E-state index contributed by atoms with van der Waals surface area (Å²) in [5.41, 5.74) is 0. The van der Waals surface area contributed by atoms with Gasteiger partial charge < -0.3 is 20.3 Å². The summed E-state index contributed by atoms with van der Waals surface area (Å²) in [6.45, 7) is 8.01. The topological polar surface area (TPSA) is 87.7 Å². The molecule has 0 spiro atoms. The summed E-state index contributed by atoms with van der Waals surface area (Å²) in [7, 11) is 1.61. The van der Waals surface area contributed by atoms with Gasteiger partial charge in [0.2, 0.25) is 17.7 Å². The third kappa shape index (κ3) is 8.65. The smallest absolute Gasteiger partial charge is 0.245 e. The van der Waals surface area contributed by atoms with Crippen LogP contribution < -0.4 is 10.6 Å². The Bertz CT molecular complexity index is 460. The van der Waals surface area contributed by atoms with Crippen LogP contribution in [0, 0.1) is 11.8 Å². The first-order chi connectivity index (χ1) is 12.3. The number of likely N-dealkylation sites (tertiary alicyclic amines) is 1. The number of hydrogen-bond donors (Lipinski definition) is 2. The maximum atomic E-state index is 12.7. The van der Waals surface area contributed by atoms with Crippen LogP contribution in [0.25, 0.3) is 0 Å². The van der Waals surface area contributed by atoms with Crippen LogP contribution in [0.1, 0.15) is 52.9 Å². The molecule has 1 heterocycles. The van der Waals surface area contributed by atoms with Gasteiger partial charge in [-0.2, -0.15) is 0 Å². The monoisotopic (exact) mass is 369 g/mol. The Labute approximate surface area is 157 Å². The van der Waals surface area contributed by atoms with Gasteiger partial charge in [-0.15, -0.1) is 0 Å². The van der Waals surface area contributed by atoms with E-state index in [1.54, 1.807) is 7.11 Å². The number of amides is 3. The first-order valence-corrected chi connectivity index (χ1v) is 9.65. The van der Waals surface area contributed by atoms with Gasteiger partial charge in [0, 0.05) is 40.1 Å². The van der Waals surface area contributed by atoms with Crippen molar-refractivity contribution < 1.29 is 19.1 Å². The number of nitrogens with zero attached hydrogens (tertiary/aromatic N) is 1. The molecule has 7 nitrogen and oxygen atoms in total. The molecule has 2 N–H and O–H groups in total. The molecule has 0 aromatic carbocycles. The Hall–Kier alpha value is -1.63. The number of hydrogen-bond acceptors (Lipinski definition) is 4. The maximum Gasteiger partial charge on any atom is 0.245 e. The van der Waals surface area contributed by atoms with Crippen LogP contribution in [0.15, 0.2) is 0 Å². The fraction of sp³-hybridized carbons (Fsp3) is 0.842. The van der Waals surface area contributed by atoms with Gasteiger partial charge >= 0.3 is 0 Å². The van der Waals surface area contributed by atoms with Crippen molar-refractivity contribution in [2.24, 2.45) is 11.8 Å². The number of carbonyl (C=O) groups is 3. The fourth-order valence-corrected chi connectivity index (χ4v) is 3.32. The molecule has 0 aromatic heterocycles. The average molecular weight is 370 g/mol. The molecule has 0 saturated carbocycles. The van der Waals surface area contributed by atoms with E-state index in [0.717, 1.165) is 19.3 Å². The summed E-state index contributed by atoms with van der Waals surface area (Å²) in [5, 5.41) is 5.62. The zero-order chi connectivity index (χ0) is 19.5. The minimum atomic E-state index is -0.435. The van der Waals surface area contributed by atoms with E-state index < -0.39 is 6.04 Å². The van der Waals surface area contributed by atoms with Crippen molar-refractivity contribution in [3.63, 3.8) is 0 Å². The van der Waals surface area contributed by atoms with Gasteiger partial charge in [-0.05, 0) is 37.5 Å². The van der Waals surface area contributed by atoms with E-state index in [-0.39, 0.29) is 17.7 Å². The third-order valence-corrected chi connectivity index (χ3v) is 4.72. The Morgan fingerprint density at radius 2 is 1.85 bits per heavy atom. The van der Waals surface area contributed by atoms with Crippen molar-refractivity contribution in [2.75, 3.05) is 33.4 Å². The highest BCUT2D eigenvalue weighted by molar-refractivity contribution is 5.87. The van der Waals surface area contributed by atoms with Crippen molar-refractivity contribution >= 4 is 17.7 Å². The highest BCUT2D eigenvalue weighted by Crippen LogP contribution is 2.23. The average Bonchev–Trinajstić information content (AvgIpc) is 2.58. The van der Waals surface area contributed by atoms with Gasteiger partial charge in [-0.25, -0.2) is 0 Å². The van der Waals surface area contributed by atoms with E-state index in [1.807, 2.05) is 18.7 Å². The molecule has 1 aliphatic rings. The molecule has 1 rings (SSSR count). The summed E-state index contributed by atoms with van der Waals surface area (Å²) in [6.07, 6.45) is 3.84. The van der Waals surface area contributed by atoms with Crippen LogP contribution in [0.4, 0.5) is 0 Å². The van der Waals surface area contributed by atoms with E-state index in [9.17, 15) is 14.4 Å². The number of methoxy groups -OCH3 is 1. The SMILES string of the molecule is COCCNC(=O)CCC1CCN(C(=O)[C@H](CC(C)C)NC(C)=O)CC1. The zero-order valence-corrected chi connectivity index (χ0v) is 16.7. The van der Waals surface area contributed by atoms with E-state index in [2.05, 4.69) is 10.6 Å². The van der Waals surface area contributed by atoms with Crippen LogP contribution >= 0.6 is 0 Å². The van der Waals surface area contributed by atoms with Gasteiger partial charge in [0.25, 0.3) is 0 Å². The standard InChI is InChI=1S/C19H35N3O4/c1-14(2)13-17(21-15(3)23)19(25)22-10-7-16(8-11-22)5-6-18(24)20-9-12-26-4/h14,16-17H,5-13H2,1-4H3,(H,20,24)(H,21,23)/t17-/m0/s1. The highest BCUT2D eigenvalue weighted by Gasteiger charge is 2.29. The molecular formula is C19H35N3O4. The largest absolute Gasteiger partial charge is 0.383 e. The number of ether oxygens (including phenoxy) is 1. The lowest BCUT2D eigenvalue weighted by Gasteiger charge is -2.34. The van der Waals surface area contributed by atoms with Crippen LogP contribution in [-0.2, 0) is 19.1 Å². The molecule has 1 aliphatic heterocycles. The van der Waals surface area contributed by atoms with Crippen LogP contribution in [0.2, 0.25) is 0 Å². The molecule has 0 unspecified atom stereocenters. The lowest BCUT2D eigenvalue weighted by atomic mass is 9.91. The molecular weight excluding hydrogens is 334 g/mol. The Balaban J connectivity index is 2.38. The second-order valence-electron chi connectivity index (χ2n) is 7.53.